The highest BCUT2D eigenvalue weighted by molar-refractivity contribution is 5.76. The quantitative estimate of drug-likeness (QED) is 0.722. The standard InChI is InChI=1S/C14H24O6/c1-13(2,3)11(15)19-9-10(18-8-7-17-9)20-12(16)14(4,5)6/h9-10H,7-8H2,1-6H3/t9-,10-/m0/s1. The minimum absolute atomic E-state index is 0.283. The first-order valence-corrected chi connectivity index (χ1v) is 6.67. The average molecular weight is 288 g/mol. The largest absolute Gasteiger partial charge is 0.428 e. The van der Waals surface area contributed by atoms with Gasteiger partial charge in [0.1, 0.15) is 0 Å². The van der Waals surface area contributed by atoms with E-state index in [9.17, 15) is 9.59 Å². The molecule has 20 heavy (non-hydrogen) atoms. The Morgan fingerprint density at radius 1 is 0.800 bits per heavy atom. The molecule has 1 aliphatic heterocycles. The maximum atomic E-state index is 11.9. The molecule has 0 aromatic carbocycles. The number of esters is 2. The van der Waals surface area contributed by atoms with E-state index in [0.29, 0.717) is 0 Å². The maximum absolute atomic E-state index is 11.9. The second-order valence-electron chi connectivity index (χ2n) is 6.79. The molecule has 0 amide bonds. The Hall–Kier alpha value is -1.14. The zero-order chi connectivity index (χ0) is 15.6. The average Bonchev–Trinajstić information content (AvgIpc) is 2.29. The SMILES string of the molecule is CC(C)(C)C(=O)O[C@@H]1OCCO[C@H]1OC(=O)C(C)(C)C. The second-order valence-corrected chi connectivity index (χ2v) is 6.79. The summed E-state index contributed by atoms with van der Waals surface area (Å²) in [6, 6.07) is 0. The van der Waals surface area contributed by atoms with Crippen LogP contribution in [0.25, 0.3) is 0 Å². The number of hydrogen-bond donors (Lipinski definition) is 0. The van der Waals surface area contributed by atoms with E-state index >= 15 is 0 Å². The second kappa shape index (κ2) is 6.10. The van der Waals surface area contributed by atoms with Gasteiger partial charge in [0, 0.05) is 0 Å². The van der Waals surface area contributed by atoms with Crippen molar-refractivity contribution in [1.29, 1.82) is 0 Å². The van der Waals surface area contributed by atoms with E-state index in [0.717, 1.165) is 0 Å². The molecule has 1 saturated heterocycles. The summed E-state index contributed by atoms with van der Waals surface area (Å²) in [5, 5.41) is 0. The lowest BCUT2D eigenvalue weighted by Gasteiger charge is -2.33. The molecule has 116 valence electrons. The van der Waals surface area contributed by atoms with Crippen LogP contribution < -0.4 is 0 Å². The molecule has 6 nitrogen and oxygen atoms in total. The van der Waals surface area contributed by atoms with Crippen molar-refractivity contribution in [2.75, 3.05) is 13.2 Å². The summed E-state index contributed by atoms with van der Waals surface area (Å²) in [4.78, 5) is 23.7. The van der Waals surface area contributed by atoms with Crippen LogP contribution in [0.3, 0.4) is 0 Å². The maximum Gasteiger partial charge on any atom is 0.313 e. The predicted molar refractivity (Wildman–Crippen MR) is 70.6 cm³/mol. The first-order chi connectivity index (χ1) is 9.01. The molecule has 1 fully saturated rings. The van der Waals surface area contributed by atoms with Crippen LogP contribution in [0.5, 0.6) is 0 Å². The molecule has 6 heteroatoms. The highest BCUT2D eigenvalue weighted by atomic mass is 16.8. The molecule has 0 aliphatic carbocycles. The molecular formula is C14H24O6. The third-order valence-corrected chi connectivity index (χ3v) is 2.54. The van der Waals surface area contributed by atoms with Gasteiger partial charge >= 0.3 is 11.9 Å². The first kappa shape index (κ1) is 16.9. The molecule has 0 spiro atoms. The Morgan fingerprint density at radius 3 is 1.35 bits per heavy atom. The fourth-order valence-electron chi connectivity index (χ4n) is 1.23. The van der Waals surface area contributed by atoms with E-state index in [1.807, 2.05) is 0 Å². The molecule has 0 saturated carbocycles. The lowest BCUT2D eigenvalue weighted by Crippen LogP contribution is -2.46. The number of ether oxygens (including phenoxy) is 4. The molecule has 1 heterocycles. The van der Waals surface area contributed by atoms with Crippen LogP contribution in [0.4, 0.5) is 0 Å². The first-order valence-electron chi connectivity index (χ1n) is 6.67. The van der Waals surface area contributed by atoms with Crippen molar-refractivity contribution in [3.8, 4) is 0 Å². The van der Waals surface area contributed by atoms with Gasteiger partial charge in [-0.2, -0.15) is 0 Å². The van der Waals surface area contributed by atoms with Crippen molar-refractivity contribution in [3.05, 3.63) is 0 Å². The Labute approximate surface area is 119 Å². The van der Waals surface area contributed by atoms with E-state index in [1.54, 1.807) is 41.5 Å². The Morgan fingerprint density at radius 2 is 1.10 bits per heavy atom. The summed E-state index contributed by atoms with van der Waals surface area (Å²) in [6.07, 6.45) is -2.05. The lowest BCUT2D eigenvalue weighted by molar-refractivity contribution is -0.306. The lowest BCUT2D eigenvalue weighted by atomic mass is 9.97. The van der Waals surface area contributed by atoms with Crippen molar-refractivity contribution >= 4 is 11.9 Å². The zero-order valence-electron chi connectivity index (χ0n) is 13.0. The zero-order valence-corrected chi connectivity index (χ0v) is 13.0. The van der Waals surface area contributed by atoms with E-state index in [1.165, 1.54) is 0 Å². The fraction of sp³-hybridized carbons (Fsp3) is 0.857. The van der Waals surface area contributed by atoms with Gasteiger partial charge in [0.05, 0.1) is 24.0 Å². The smallest absolute Gasteiger partial charge is 0.313 e. The van der Waals surface area contributed by atoms with Gasteiger partial charge in [-0.3, -0.25) is 9.59 Å². The van der Waals surface area contributed by atoms with Gasteiger partial charge in [-0.1, -0.05) is 0 Å². The van der Waals surface area contributed by atoms with Crippen molar-refractivity contribution in [3.63, 3.8) is 0 Å². The van der Waals surface area contributed by atoms with E-state index in [2.05, 4.69) is 0 Å². The van der Waals surface area contributed by atoms with Gasteiger partial charge in [0.2, 0.25) is 0 Å². The van der Waals surface area contributed by atoms with Gasteiger partial charge in [0.25, 0.3) is 12.6 Å². The van der Waals surface area contributed by atoms with E-state index in [4.69, 9.17) is 18.9 Å². The monoisotopic (exact) mass is 288 g/mol. The topological polar surface area (TPSA) is 71.1 Å². The van der Waals surface area contributed by atoms with Crippen LogP contribution in [0.15, 0.2) is 0 Å². The van der Waals surface area contributed by atoms with Crippen LogP contribution in [0.1, 0.15) is 41.5 Å². The van der Waals surface area contributed by atoms with Gasteiger partial charge in [-0.25, -0.2) is 0 Å². The van der Waals surface area contributed by atoms with Crippen LogP contribution in [-0.4, -0.2) is 37.7 Å². The summed E-state index contributed by atoms with van der Waals surface area (Å²) >= 11 is 0. The molecular weight excluding hydrogens is 264 g/mol. The molecule has 0 bridgehead atoms. The highest BCUT2D eigenvalue weighted by Crippen LogP contribution is 2.23. The molecule has 0 unspecified atom stereocenters. The summed E-state index contributed by atoms with van der Waals surface area (Å²) in [7, 11) is 0. The van der Waals surface area contributed by atoms with Crippen LogP contribution >= 0.6 is 0 Å². The van der Waals surface area contributed by atoms with Gasteiger partial charge < -0.3 is 18.9 Å². The third-order valence-electron chi connectivity index (χ3n) is 2.54. The van der Waals surface area contributed by atoms with E-state index in [-0.39, 0.29) is 13.2 Å². The fourth-order valence-corrected chi connectivity index (χ4v) is 1.23. The molecule has 1 rings (SSSR count). The minimum Gasteiger partial charge on any atom is -0.428 e. The number of rotatable bonds is 2. The Kier molecular flexibility index (Phi) is 5.15. The molecule has 0 N–H and O–H groups in total. The summed E-state index contributed by atoms with van der Waals surface area (Å²) in [5.41, 5.74) is -1.33. The molecule has 1 aliphatic rings. The van der Waals surface area contributed by atoms with Crippen molar-refractivity contribution in [2.45, 2.75) is 54.1 Å². The summed E-state index contributed by atoms with van der Waals surface area (Å²) in [6.45, 7) is 11.0. The van der Waals surface area contributed by atoms with E-state index < -0.39 is 35.3 Å². The van der Waals surface area contributed by atoms with Gasteiger partial charge in [0.15, 0.2) is 0 Å². The Balaban J connectivity index is 2.68. The van der Waals surface area contributed by atoms with Gasteiger partial charge in [-0.15, -0.1) is 0 Å². The highest BCUT2D eigenvalue weighted by Gasteiger charge is 2.38. The Bertz CT molecular complexity index is 327. The van der Waals surface area contributed by atoms with Crippen molar-refractivity contribution < 1.29 is 28.5 Å². The third kappa shape index (κ3) is 4.76. The number of carbonyl (C=O) groups excluding carboxylic acids is 2. The molecule has 0 radical (unpaired) electrons. The van der Waals surface area contributed by atoms with Crippen LogP contribution in [0, 0.1) is 10.8 Å². The number of carbonyl (C=O) groups is 2. The van der Waals surface area contributed by atoms with Crippen molar-refractivity contribution in [2.24, 2.45) is 10.8 Å². The molecule has 0 aromatic rings. The minimum atomic E-state index is -1.03. The normalized spacial score (nSPS) is 24.1. The van der Waals surface area contributed by atoms with Gasteiger partial charge in [-0.05, 0) is 41.5 Å². The van der Waals surface area contributed by atoms with Crippen LogP contribution in [0.2, 0.25) is 0 Å². The number of hydrogen-bond acceptors (Lipinski definition) is 6. The summed E-state index contributed by atoms with van der Waals surface area (Å²) < 4.78 is 21.1. The summed E-state index contributed by atoms with van der Waals surface area (Å²) in [5.74, 6) is -0.880. The van der Waals surface area contributed by atoms with Crippen LogP contribution in [-0.2, 0) is 28.5 Å². The predicted octanol–water partition coefficient (Wildman–Crippen LogP) is 1.86. The molecule has 0 aromatic heterocycles. The molecule has 2 atom stereocenters. The van der Waals surface area contributed by atoms with Crippen molar-refractivity contribution in [1.82, 2.24) is 0 Å².